The lowest BCUT2D eigenvalue weighted by molar-refractivity contribution is -0.131. The topological polar surface area (TPSA) is 128 Å². The molecule has 0 spiro atoms. The summed E-state index contributed by atoms with van der Waals surface area (Å²) in [6.45, 7) is 6.83. The first-order chi connectivity index (χ1) is 13.9. The lowest BCUT2D eigenvalue weighted by Gasteiger charge is -2.37. The van der Waals surface area contributed by atoms with E-state index < -0.39 is 35.4 Å². The quantitative estimate of drug-likeness (QED) is 0.153. The summed E-state index contributed by atoms with van der Waals surface area (Å²) in [5.41, 5.74) is 10.4. The van der Waals surface area contributed by atoms with Crippen molar-refractivity contribution in [2.75, 3.05) is 18.5 Å². The van der Waals surface area contributed by atoms with Crippen LogP contribution in [-0.4, -0.2) is 25.0 Å². The first-order valence-corrected chi connectivity index (χ1v) is 9.07. The van der Waals surface area contributed by atoms with E-state index in [1.807, 2.05) is 0 Å². The minimum absolute atomic E-state index is 0.0121. The average molecular weight is 448 g/mol. The number of nitrogens with one attached hydrogen (secondary N) is 2. The zero-order valence-corrected chi connectivity index (χ0v) is 17.2. The number of benzene rings is 1. The molecule has 0 aliphatic heterocycles. The van der Waals surface area contributed by atoms with Crippen LogP contribution in [0.15, 0.2) is 53.9 Å². The van der Waals surface area contributed by atoms with Crippen LogP contribution in [0.25, 0.3) is 0 Å². The van der Waals surface area contributed by atoms with Gasteiger partial charge in [0.15, 0.2) is 0 Å². The van der Waals surface area contributed by atoms with Gasteiger partial charge >= 0.3 is 0 Å². The molecule has 1 atom stereocenters. The van der Waals surface area contributed by atoms with Gasteiger partial charge in [-0.25, -0.2) is 13.2 Å². The van der Waals surface area contributed by atoms with Crippen molar-refractivity contribution in [1.82, 2.24) is 5.43 Å². The number of carbonyl (C=O) groups excluding carboxylic acids is 1. The highest BCUT2D eigenvalue weighted by Gasteiger charge is 2.52. The molecule has 30 heavy (non-hydrogen) atoms. The van der Waals surface area contributed by atoms with Crippen molar-refractivity contribution in [3.05, 3.63) is 65.2 Å². The Morgan fingerprint density at radius 1 is 1.37 bits per heavy atom. The lowest BCUT2D eigenvalue weighted by Crippen LogP contribution is -2.55. The fourth-order valence-corrected chi connectivity index (χ4v) is 2.65. The number of nitrogens with two attached hydrogens (primary N) is 3. The highest BCUT2D eigenvalue weighted by Crippen LogP contribution is 2.40. The largest absolute Gasteiger partial charge is 0.401 e. The van der Waals surface area contributed by atoms with E-state index in [1.165, 1.54) is 13.0 Å². The predicted octanol–water partition coefficient (Wildman–Crippen LogP) is 2.55. The number of hydrogen-bond acceptors (Lipinski definition) is 6. The van der Waals surface area contributed by atoms with Gasteiger partial charge in [-0.15, -0.1) is 0 Å². The number of carbonyl (C=O) groups is 1. The van der Waals surface area contributed by atoms with E-state index in [-0.39, 0.29) is 35.0 Å². The molecule has 1 rings (SSSR count). The summed E-state index contributed by atoms with van der Waals surface area (Å²) in [4.78, 5) is 12.2. The Morgan fingerprint density at radius 3 is 2.53 bits per heavy atom. The third-order valence-electron chi connectivity index (χ3n) is 4.26. The maximum Gasteiger partial charge on any atom is 0.292 e. The molecule has 8 N–H and O–H groups in total. The van der Waals surface area contributed by atoms with E-state index >= 15 is 0 Å². The first-order valence-electron chi connectivity index (χ1n) is 8.69. The molecule has 1 aromatic carbocycles. The number of rotatable bonds is 11. The molecule has 7 nitrogen and oxygen atoms in total. The Labute approximate surface area is 177 Å². The van der Waals surface area contributed by atoms with Crippen LogP contribution in [0.4, 0.5) is 18.9 Å². The summed E-state index contributed by atoms with van der Waals surface area (Å²) in [6, 6.07) is 3.13. The van der Waals surface area contributed by atoms with Crippen LogP contribution in [0.5, 0.6) is 0 Å². The second-order valence-electron chi connectivity index (χ2n) is 6.47. The Bertz CT molecular complexity index is 847. The molecule has 0 radical (unpaired) electrons. The summed E-state index contributed by atoms with van der Waals surface area (Å²) in [5, 5.41) is 2.32. The lowest BCUT2D eigenvalue weighted by atomic mass is 9.81. The van der Waals surface area contributed by atoms with Gasteiger partial charge in [0.25, 0.3) is 11.8 Å². The summed E-state index contributed by atoms with van der Waals surface area (Å²) < 4.78 is 49.1. The maximum atomic E-state index is 14.9. The number of ether oxygens (including phenoxy) is 1. The number of anilines is 1. The van der Waals surface area contributed by atoms with Crippen molar-refractivity contribution < 1.29 is 22.7 Å². The summed E-state index contributed by atoms with van der Waals surface area (Å²) >= 11 is 5.82. The minimum Gasteiger partial charge on any atom is -0.401 e. The molecule has 0 fully saturated rings. The summed E-state index contributed by atoms with van der Waals surface area (Å²) in [5.74, 6) is -0.303. The van der Waals surface area contributed by atoms with Crippen LogP contribution in [0.1, 0.15) is 18.9 Å². The first kappa shape index (κ1) is 25.5. The number of hydrazine groups is 1. The Kier molecular flexibility index (Phi) is 8.91. The molecule has 0 unspecified atom stereocenters. The smallest absolute Gasteiger partial charge is 0.292 e. The molecule has 1 amide bonds. The van der Waals surface area contributed by atoms with Crippen LogP contribution in [0.2, 0.25) is 0 Å². The zero-order chi connectivity index (χ0) is 23.1. The number of amides is 1. The highest BCUT2D eigenvalue weighted by atomic mass is 35.5. The fraction of sp³-hybridized carbons (Fsp3) is 0.316. The van der Waals surface area contributed by atoms with Crippen LogP contribution < -0.4 is 28.1 Å². The SMILES string of the molecule is C=C(N)COCC(F)(F)[C@@](N)(CC)c1cc(NC(=O)C(=C)/C(Cl)=C\NN)ccc1F. The van der Waals surface area contributed by atoms with Crippen molar-refractivity contribution in [3.63, 3.8) is 0 Å². The maximum absolute atomic E-state index is 14.9. The van der Waals surface area contributed by atoms with Gasteiger partial charge < -0.3 is 26.9 Å². The van der Waals surface area contributed by atoms with E-state index in [4.69, 9.17) is 33.6 Å². The van der Waals surface area contributed by atoms with Crippen molar-refractivity contribution in [2.45, 2.75) is 24.8 Å². The molecular formula is C19H25ClF3N5O2. The third-order valence-corrected chi connectivity index (χ3v) is 4.60. The molecule has 0 aromatic heterocycles. The summed E-state index contributed by atoms with van der Waals surface area (Å²) in [7, 11) is 0. The second kappa shape index (κ2) is 10.5. The number of halogens is 4. The molecule has 0 aliphatic rings. The Balaban J connectivity index is 3.21. The predicted molar refractivity (Wildman–Crippen MR) is 111 cm³/mol. The molecule has 0 heterocycles. The van der Waals surface area contributed by atoms with Crippen LogP contribution in [0, 0.1) is 5.82 Å². The minimum atomic E-state index is -3.66. The van der Waals surface area contributed by atoms with E-state index in [2.05, 4.69) is 23.9 Å². The normalized spacial score (nSPS) is 14.0. The molecule has 166 valence electrons. The monoisotopic (exact) mass is 447 g/mol. The molecule has 11 heteroatoms. The zero-order valence-electron chi connectivity index (χ0n) is 16.4. The molecular weight excluding hydrogens is 423 g/mol. The van der Waals surface area contributed by atoms with Gasteiger partial charge in [-0.1, -0.05) is 31.7 Å². The van der Waals surface area contributed by atoms with Crippen molar-refractivity contribution in [3.8, 4) is 0 Å². The highest BCUT2D eigenvalue weighted by molar-refractivity contribution is 6.35. The van der Waals surface area contributed by atoms with Gasteiger partial charge in [-0.05, 0) is 24.6 Å². The molecule has 0 bridgehead atoms. The third kappa shape index (κ3) is 5.99. The van der Waals surface area contributed by atoms with Gasteiger partial charge in [-0.3, -0.25) is 10.6 Å². The molecule has 0 saturated heterocycles. The molecule has 1 aromatic rings. The van der Waals surface area contributed by atoms with E-state index in [1.54, 1.807) is 0 Å². The Hall–Kier alpha value is -2.53. The van der Waals surface area contributed by atoms with Crippen LogP contribution in [-0.2, 0) is 15.1 Å². The van der Waals surface area contributed by atoms with Crippen molar-refractivity contribution in [2.24, 2.45) is 17.3 Å². The van der Waals surface area contributed by atoms with E-state index in [9.17, 15) is 18.0 Å². The number of hydrogen-bond donors (Lipinski definition) is 5. The van der Waals surface area contributed by atoms with Gasteiger partial charge in [0, 0.05) is 23.1 Å². The van der Waals surface area contributed by atoms with Gasteiger partial charge in [-0.2, -0.15) is 0 Å². The average Bonchev–Trinajstić information content (AvgIpc) is 2.67. The van der Waals surface area contributed by atoms with Crippen molar-refractivity contribution >= 4 is 23.2 Å². The van der Waals surface area contributed by atoms with E-state index in [0.29, 0.717) is 0 Å². The van der Waals surface area contributed by atoms with E-state index in [0.717, 1.165) is 18.3 Å². The van der Waals surface area contributed by atoms with Gasteiger partial charge in [0.05, 0.1) is 17.2 Å². The molecule has 0 aliphatic carbocycles. The van der Waals surface area contributed by atoms with Gasteiger partial charge in [0.2, 0.25) is 0 Å². The number of alkyl halides is 2. The summed E-state index contributed by atoms with van der Waals surface area (Å²) in [6.07, 6.45) is 0.794. The standard InChI is InChI=1S/C19H25ClF3N5O2/c1-4-18(25,19(22,23)10-30-9-11(2)24)14-7-13(5-6-16(14)21)28-17(29)12(3)15(20)8-27-26/h5-8,27H,2-4,9-10,24-26H2,1H3,(H,28,29)/b15-8+/t18-/m1/s1. The Morgan fingerprint density at radius 2 is 2.00 bits per heavy atom. The molecule has 0 saturated carbocycles. The van der Waals surface area contributed by atoms with Crippen LogP contribution in [0.3, 0.4) is 0 Å². The second-order valence-corrected chi connectivity index (χ2v) is 6.87. The van der Waals surface area contributed by atoms with Gasteiger partial charge in [0.1, 0.15) is 18.0 Å². The van der Waals surface area contributed by atoms with Crippen LogP contribution >= 0.6 is 11.6 Å². The fourth-order valence-electron chi connectivity index (χ4n) is 2.51. The van der Waals surface area contributed by atoms with Crippen molar-refractivity contribution in [1.29, 1.82) is 0 Å².